The maximum absolute atomic E-state index is 13.9. The lowest BCUT2D eigenvalue weighted by atomic mass is 9.78. The molecule has 158 valence electrons. The zero-order valence-electron chi connectivity index (χ0n) is 17.4. The van der Waals surface area contributed by atoms with Crippen LogP contribution in [0.15, 0.2) is 30.4 Å². The van der Waals surface area contributed by atoms with Gasteiger partial charge in [0.25, 0.3) is 0 Å². The number of benzene rings is 1. The van der Waals surface area contributed by atoms with Crippen LogP contribution >= 0.6 is 0 Å². The summed E-state index contributed by atoms with van der Waals surface area (Å²) in [6, 6.07) is 8.72. The van der Waals surface area contributed by atoms with Crippen molar-refractivity contribution in [2.75, 3.05) is 0 Å². The summed E-state index contributed by atoms with van der Waals surface area (Å²) in [5, 5.41) is 17.4. The van der Waals surface area contributed by atoms with Crippen molar-refractivity contribution >= 4 is 5.97 Å². The van der Waals surface area contributed by atoms with Crippen molar-refractivity contribution < 1.29 is 13.9 Å². The molecule has 2 aliphatic carbocycles. The van der Waals surface area contributed by atoms with Crippen LogP contribution in [0.2, 0.25) is 0 Å². The Morgan fingerprint density at radius 2 is 1.83 bits per heavy atom. The van der Waals surface area contributed by atoms with E-state index >= 15 is 0 Å². The molecule has 0 heterocycles. The van der Waals surface area contributed by atoms with Crippen LogP contribution in [0.5, 0.6) is 0 Å². The molecule has 1 aromatic rings. The third-order valence-electron chi connectivity index (χ3n) is 6.66. The van der Waals surface area contributed by atoms with E-state index in [-0.39, 0.29) is 29.5 Å². The molecule has 0 unspecified atom stereocenters. The van der Waals surface area contributed by atoms with Gasteiger partial charge in [0.05, 0.1) is 17.6 Å². The quantitative estimate of drug-likeness (QED) is 0.432. The van der Waals surface area contributed by atoms with E-state index in [0.717, 1.165) is 69.8 Å². The molecule has 0 aromatic heterocycles. The monoisotopic (exact) mass is 408 g/mol. The van der Waals surface area contributed by atoms with E-state index < -0.39 is 5.82 Å². The summed E-state index contributed by atoms with van der Waals surface area (Å²) < 4.78 is 19.7. The van der Waals surface area contributed by atoms with Gasteiger partial charge in [-0.25, -0.2) is 4.39 Å². The minimum atomic E-state index is -0.465. The summed E-state index contributed by atoms with van der Waals surface area (Å²) >= 11 is 0. The van der Waals surface area contributed by atoms with E-state index in [1.165, 1.54) is 6.07 Å². The molecule has 4 nitrogen and oxygen atoms in total. The molecular weight excluding hydrogens is 379 g/mol. The molecule has 2 aliphatic rings. The van der Waals surface area contributed by atoms with Crippen LogP contribution in [0.3, 0.4) is 0 Å². The molecule has 2 fully saturated rings. The van der Waals surface area contributed by atoms with Crippen molar-refractivity contribution in [2.45, 2.75) is 76.2 Å². The second kappa shape index (κ2) is 10.9. The molecule has 0 amide bonds. The van der Waals surface area contributed by atoms with Gasteiger partial charge in [-0.1, -0.05) is 12.1 Å². The Morgan fingerprint density at radius 1 is 1.10 bits per heavy atom. The number of carbonyl (C=O) groups excluding carboxylic acids is 1. The van der Waals surface area contributed by atoms with Gasteiger partial charge >= 0.3 is 5.97 Å². The van der Waals surface area contributed by atoms with E-state index in [0.29, 0.717) is 5.92 Å². The minimum absolute atomic E-state index is 0.0359. The smallest absolute Gasteiger partial charge is 0.309 e. The number of hydrogen-bond donors (Lipinski definition) is 0. The fraction of sp³-hybridized carbons (Fsp3) is 0.560. The molecule has 0 N–H and O–H groups in total. The summed E-state index contributed by atoms with van der Waals surface area (Å²) in [5.74, 6) is 0.305. The molecule has 0 radical (unpaired) electrons. The lowest BCUT2D eigenvalue weighted by molar-refractivity contribution is -0.157. The van der Waals surface area contributed by atoms with Gasteiger partial charge in [-0.3, -0.25) is 4.79 Å². The molecule has 2 saturated carbocycles. The minimum Gasteiger partial charge on any atom is -0.462 e. The highest BCUT2D eigenvalue weighted by molar-refractivity contribution is 5.72. The molecule has 0 saturated heterocycles. The predicted octanol–water partition coefficient (Wildman–Crippen LogP) is 5.93. The highest BCUT2D eigenvalue weighted by atomic mass is 19.1. The van der Waals surface area contributed by atoms with Crippen LogP contribution in [-0.2, 0) is 9.53 Å². The molecule has 1 aromatic carbocycles. The number of nitrogens with zero attached hydrogens (tertiary/aromatic N) is 2. The molecule has 0 aliphatic heterocycles. The number of esters is 1. The maximum atomic E-state index is 13.9. The van der Waals surface area contributed by atoms with Gasteiger partial charge in [0.1, 0.15) is 18.0 Å². The summed E-state index contributed by atoms with van der Waals surface area (Å²) in [6.45, 7) is 0. The number of rotatable bonds is 6. The van der Waals surface area contributed by atoms with Gasteiger partial charge in [0, 0.05) is 6.08 Å². The van der Waals surface area contributed by atoms with Crippen molar-refractivity contribution in [3.8, 4) is 12.1 Å². The van der Waals surface area contributed by atoms with E-state index in [1.807, 2.05) is 24.3 Å². The van der Waals surface area contributed by atoms with Gasteiger partial charge in [-0.15, -0.1) is 0 Å². The molecule has 0 spiro atoms. The third kappa shape index (κ3) is 5.92. The first kappa shape index (κ1) is 22.0. The zero-order chi connectivity index (χ0) is 21.3. The van der Waals surface area contributed by atoms with Gasteiger partial charge in [0.2, 0.25) is 0 Å². The topological polar surface area (TPSA) is 73.9 Å². The van der Waals surface area contributed by atoms with Crippen LogP contribution in [0.1, 0.15) is 81.3 Å². The second-order valence-corrected chi connectivity index (χ2v) is 8.59. The number of carbonyl (C=O) groups is 1. The Morgan fingerprint density at radius 3 is 2.47 bits per heavy atom. The Hall–Kier alpha value is -2.66. The average Bonchev–Trinajstić information content (AvgIpc) is 2.78. The van der Waals surface area contributed by atoms with Crippen LogP contribution < -0.4 is 0 Å². The first-order valence-corrected chi connectivity index (χ1v) is 11.1. The maximum Gasteiger partial charge on any atom is 0.309 e. The van der Waals surface area contributed by atoms with Crippen molar-refractivity contribution in [2.24, 2.45) is 11.8 Å². The van der Waals surface area contributed by atoms with Gasteiger partial charge < -0.3 is 4.74 Å². The normalized spacial score (nSPS) is 26.6. The van der Waals surface area contributed by atoms with Crippen molar-refractivity contribution in [3.05, 3.63) is 47.3 Å². The van der Waals surface area contributed by atoms with Crippen LogP contribution in [0, 0.1) is 40.3 Å². The third-order valence-corrected chi connectivity index (χ3v) is 6.66. The van der Waals surface area contributed by atoms with Crippen molar-refractivity contribution in [3.63, 3.8) is 0 Å². The lowest BCUT2D eigenvalue weighted by Gasteiger charge is -2.31. The average molecular weight is 409 g/mol. The van der Waals surface area contributed by atoms with Crippen LogP contribution in [0.25, 0.3) is 0 Å². The predicted molar refractivity (Wildman–Crippen MR) is 112 cm³/mol. The summed E-state index contributed by atoms with van der Waals surface area (Å²) in [7, 11) is 0. The molecule has 30 heavy (non-hydrogen) atoms. The van der Waals surface area contributed by atoms with Crippen LogP contribution in [-0.4, -0.2) is 12.1 Å². The van der Waals surface area contributed by atoms with E-state index in [4.69, 9.17) is 15.3 Å². The van der Waals surface area contributed by atoms with E-state index in [1.54, 1.807) is 12.1 Å². The second-order valence-electron chi connectivity index (χ2n) is 8.59. The Balaban J connectivity index is 1.40. The Labute approximate surface area is 178 Å². The van der Waals surface area contributed by atoms with Crippen LogP contribution in [0.4, 0.5) is 4.39 Å². The number of ether oxygens (including phenoxy) is 1. The number of allylic oxidation sites excluding steroid dienone is 2. The fourth-order valence-electron chi connectivity index (χ4n) is 4.81. The zero-order valence-corrected chi connectivity index (χ0v) is 17.4. The van der Waals surface area contributed by atoms with Gasteiger partial charge in [0.15, 0.2) is 0 Å². The van der Waals surface area contributed by atoms with Crippen molar-refractivity contribution in [1.82, 2.24) is 0 Å². The SMILES string of the molecule is N#CC=CCCC1CCC(OC(=O)C2CCC(c3ccc(C#N)c(F)c3)CC2)CC1. The standard InChI is InChI=1S/C25H29FN2O2/c26-24-16-21(11-12-22(24)17-28)19-7-9-20(10-8-19)25(29)30-23-13-5-18(6-14-23)4-2-1-3-15-27/h1,3,11-12,16,18-20,23H,2,4-10,13-14H2. The molecular formula is C25H29FN2O2. The first-order valence-electron chi connectivity index (χ1n) is 11.1. The number of halogens is 1. The number of hydrogen-bond acceptors (Lipinski definition) is 4. The first-order chi connectivity index (χ1) is 14.6. The highest BCUT2D eigenvalue weighted by Crippen LogP contribution is 2.37. The molecule has 5 heteroatoms. The summed E-state index contributed by atoms with van der Waals surface area (Å²) in [4.78, 5) is 12.6. The van der Waals surface area contributed by atoms with Gasteiger partial charge in [-0.05, 0) is 93.7 Å². The lowest BCUT2D eigenvalue weighted by Crippen LogP contribution is -2.29. The summed E-state index contributed by atoms with van der Waals surface area (Å²) in [6.07, 6.45) is 12.8. The largest absolute Gasteiger partial charge is 0.462 e. The van der Waals surface area contributed by atoms with Crippen molar-refractivity contribution in [1.29, 1.82) is 10.5 Å². The molecule has 0 bridgehead atoms. The Bertz CT molecular complexity index is 836. The van der Waals surface area contributed by atoms with Gasteiger partial charge in [-0.2, -0.15) is 10.5 Å². The summed E-state index contributed by atoms with van der Waals surface area (Å²) in [5.41, 5.74) is 0.991. The fourth-order valence-corrected chi connectivity index (χ4v) is 4.81. The number of nitriles is 2. The highest BCUT2D eigenvalue weighted by Gasteiger charge is 2.31. The molecule has 0 atom stereocenters. The molecule has 3 rings (SSSR count). The van der Waals surface area contributed by atoms with E-state index in [2.05, 4.69) is 0 Å². The Kier molecular flexibility index (Phi) is 8.03. The van der Waals surface area contributed by atoms with E-state index in [9.17, 15) is 9.18 Å².